The van der Waals surface area contributed by atoms with Crippen LogP contribution in [0.3, 0.4) is 0 Å². The maximum Gasteiger partial charge on any atom is 0.244 e. The van der Waals surface area contributed by atoms with Crippen LogP contribution in [0.1, 0.15) is 154 Å². The molecule has 1 heterocycles. The minimum Gasteiger partial charge on any atom is -0.237 e. The molecule has 2 aromatic carbocycles. The van der Waals surface area contributed by atoms with E-state index in [0.717, 1.165) is 13.0 Å². The van der Waals surface area contributed by atoms with E-state index in [1.807, 2.05) is 0 Å². The van der Waals surface area contributed by atoms with E-state index in [1.54, 1.807) is 0 Å². The van der Waals surface area contributed by atoms with E-state index >= 15 is 0 Å². The molecule has 0 saturated heterocycles. The Labute approximate surface area is 260 Å². The predicted octanol–water partition coefficient (Wildman–Crippen LogP) is 11.6. The Morgan fingerprint density at radius 2 is 1.12 bits per heavy atom. The van der Waals surface area contributed by atoms with Crippen molar-refractivity contribution in [3.05, 3.63) is 90.5 Å². The van der Waals surface area contributed by atoms with Crippen molar-refractivity contribution in [3.63, 3.8) is 0 Å². The fourth-order valence-electron chi connectivity index (χ4n) is 6.89. The molecule has 0 bridgehead atoms. The summed E-state index contributed by atoms with van der Waals surface area (Å²) in [6, 6.07) is 22.7. The number of hydrogen-bond donors (Lipinski definition) is 0. The summed E-state index contributed by atoms with van der Waals surface area (Å²) in [5.74, 6) is 0. The second-order valence-corrected chi connectivity index (χ2v) is 13.2. The molecular formula is C40H63N2+. The zero-order valence-electron chi connectivity index (χ0n) is 27.6. The number of rotatable bonds is 24. The lowest BCUT2D eigenvalue weighted by atomic mass is 9.70. The summed E-state index contributed by atoms with van der Waals surface area (Å²) in [4.78, 5) is 0. The number of aryl methyl sites for hydroxylation is 1. The van der Waals surface area contributed by atoms with Crippen LogP contribution in [-0.2, 0) is 18.4 Å². The molecule has 1 aromatic heterocycles. The van der Waals surface area contributed by atoms with Gasteiger partial charge in [0, 0.05) is 5.41 Å². The fraction of sp³-hybridized carbons (Fsp3) is 0.625. The third-order valence-corrected chi connectivity index (χ3v) is 9.49. The first kappa shape index (κ1) is 34.1. The van der Waals surface area contributed by atoms with Gasteiger partial charge in [0.1, 0.15) is 18.4 Å². The van der Waals surface area contributed by atoms with E-state index in [1.165, 1.54) is 127 Å². The first-order chi connectivity index (χ1) is 20.7. The quantitative estimate of drug-likeness (QED) is 0.0747. The third kappa shape index (κ3) is 12.1. The Kier molecular flexibility index (Phi) is 16.7. The highest BCUT2D eigenvalue weighted by Gasteiger charge is 2.40. The molecule has 0 aliphatic carbocycles. The van der Waals surface area contributed by atoms with Crippen molar-refractivity contribution in [3.8, 4) is 0 Å². The number of hydrogen-bond acceptors (Lipinski definition) is 0. The van der Waals surface area contributed by atoms with E-state index in [4.69, 9.17) is 0 Å². The van der Waals surface area contributed by atoms with Crippen molar-refractivity contribution in [1.29, 1.82) is 0 Å². The van der Waals surface area contributed by atoms with Crippen LogP contribution < -0.4 is 4.57 Å². The Bertz CT molecular complexity index is 1040. The van der Waals surface area contributed by atoms with Gasteiger partial charge in [-0.1, -0.05) is 178 Å². The van der Waals surface area contributed by atoms with Crippen molar-refractivity contribution in [2.24, 2.45) is 0 Å². The zero-order chi connectivity index (χ0) is 29.7. The molecule has 0 N–H and O–H groups in total. The lowest BCUT2D eigenvalue weighted by molar-refractivity contribution is -0.697. The molecule has 0 spiro atoms. The maximum absolute atomic E-state index is 2.52. The molecular weight excluding hydrogens is 508 g/mol. The first-order valence-corrected chi connectivity index (χ1v) is 17.8. The first-order valence-electron chi connectivity index (χ1n) is 17.8. The van der Waals surface area contributed by atoms with Crippen LogP contribution in [0.2, 0.25) is 0 Å². The van der Waals surface area contributed by atoms with Crippen molar-refractivity contribution in [2.45, 2.75) is 161 Å². The van der Waals surface area contributed by atoms with Crippen LogP contribution in [0.5, 0.6) is 0 Å². The molecule has 0 radical (unpaired) electrons. The van der Waals surface area contributed by atoms with Gasteiger partial charge in [-0.3, -0.25) is 0 Å². The Balaban J connectivity index is 1.39. The van der Waals surface area contributed by atoms with E-state index in [2.05, 4.69) is 109 Å². The number of benzene rings is 2. The van der Waals surface area contributed by atoms with Gasteiger partial charge in [-0.25, -0.2) is 9.13 Å². The largest absolute Gasteiger partial charge is 0.244 e. The van der Waals surface area contributed by atoms with Gasteiger partial charge < -0.3 is 0 Å². The predicted molar refractivity (Wildman–Crippen MR) is 182 cm³/mol. The van der Waals surface area contributed by atoms with Gasteiger partial charge in [-0.15, -0.1) is 0 Å². The van der Waals surface area contributed by atoms with Gasteiger partial charge in [0.2, 0.25) is 6.33 Å². The molecule has 3 rings (SSSR count). The molecule has 2 nitrogen and oxygen atoms in total. The van der Waals surface area contributed by atoms with Crippen LogP contribution in [0.15, 0.2) is 79.4 Å². The van der Waals surface area contributed by atoms with Gasteiger partial charge in [0.25, 0.3) is 0 Å². The monoisotopic (exact) mass is 571 g/mol. The van der Waals surface area contributed by atoms with Crippen molar-refractivity contribution in [1.82, 2.24) is 4.57 Å². The number of aromatic nitrogens is 2. The van der Waals surface area contributed by atoms with E-state index in [0.29, 0.717) is 6.04 Å². The molecule has 42 heavy (non-hydrogen) atoms. The fourth-order valence-corrected chi connectivity index (χ4v) is 6.89. The Morgan fingerprint density at radius 3 is 1.64 bits per heavy atom. The lowest BCUT2D eigenvalue weighted by Crippen LogP contribution is -2.37. The van der Waals surface area contributed by atoms with Crippen molar-refractivity contribution in [2.75, 3.05) is 0 Å². The summed E-state index contributed by atoms with van der Waals surface area (Å²) >= 11 is 0. The van der Waals surface area contributed by atoms with Crippen LogP contribution in [0.4, 0.5) is 0 Å². The second kappa shape index (κ2) is 20.5. The molecule has 2 unspecified atom stereocenters. The van der Waals surface area contributed by atoms with Gasteiger partial charge in [-0.2, -0.15) is 0 Å². The number of unbranched alkanes of at least 4 members (excludes halogenated alkanes) is 15. The molecule has 0 aliphatic heterocycles. The molecule has 232 valence electrons. The van der Waals surface area contributed by atoms with Crippen LogP contribution in [-0.4, -0.2) is 4.57 Å². The van der Waals surface area contributed by atoms with Gasteiger partial charge in [0.05, 0.1) is 6.54 Å². The molecule has 2 atom stereocenters. The average molecular weight is 572 g/mol. The molecule has 3 aromatic rings. The summed E-state index contributed by atoms with van der Waals surface area (Å²) in [7, 11) is 0. The Hall–Kier alpha value is -2.35. The summed E-state index contributed by atoms with van der Waals surface area (Å²) in [5, 5.41) is 0. The average Bonchev–Trinajstić information content (AvgIpc) is 3.49. The highest BCUT2D eigenvalue weighted by molar-refractivity contribution is 5.30. The van der Waals surface area contributed by atoms with Crippen LogP contribution >= 0.6 is 0 Å². The highest BCUT2D eigenvalue weighted by atomic mass is 15.1. The SMILES string of the molecule is CCCCCCCCCCCCCCCCCC[n+]1ccn(C(CCC)C(C)(Cc2ccccc2)c2ccccc2)c1. The van der Waals surface area contributed by atoms with Gasteiger partial charge >= 0.3 is 0 Å². The minimum atomic E-state index is 0.0176. The topological polar surface area (TPSA) is 8.81 Å². The second-order valence-electron chi connectivity index (χ2n) is 13.2. The molecule has 0 fully saturated rings. The normalized spacial score (nSPS) is 13.7. The molecule has 2 heteroatoms. The number of nitrogens with zero attached hydrogens (tertiary/aromatic N) is 2. The standard InChI is InChI=1S/C40H63N2/c1-4-6-7-8-9-10-11-12-13-14-15-16-17-18-19-26-32-41-33-34-42(36-41)39(27-5-2)40(3,38-30-24-21-25-31-38)35-37-28-22-20-23-29-37/h20-25,28-31,33-34,36,39H,4-19,26-27,32,35H2,1-3H3/q+1. The zero-order valence-corrected chi connectivity index (χ0v) is 27.6. The number of imidazole rings is 1. The lowest BCUT2D eigenvalue weighted by Gasteiger charge is -2.36. The smallest absolute Gasteiger partial charge is 0.237 e. The maximum atomic E-state index is 2.52. The summed E-state index contributed by atoms with van der Waals surface area (Å²) < 4.78 is 4.95. The third-order valence-electron chi connectivity index (χ3n) is 9.49. The highest BCUT2D eigenvalue weighted by Crippen LogP contribution is 2.41. The summed E-state index contributed by atoms with van der Waals surface area (Å²) in [6.45, 7) is 8.24. The van der Waals surface area contributed by atoms with E-state index in [9.17, 15) is 0 Å². The van der Waals surface area contributed by atoms with Gasteiger partial charge in [0.15, 0.2) is 0 Å². The van der Waals surface area contributed by atoms with E-state index < -0.39 is 0 Å². The molecule has 0 aliphatic rings. The van der Waals surface area contributed by atoms with Crippen LogP contribution in [0.25, 0.3) is 0 Å². The molecule has 0 amide bonds. The van der Waals surface area contributed by atoms with E-state index in [-0.39, 0.29) is 5.41 Å². The van der Waals surface area contributed by atoms with Crippen LogP contribution in [0, 0.1) is 0 Å². The van der Waals surface area contributed by atoms with Crippen molar-refractivity contribution >= 4 is 0 Å². The summed E-state index contributed by atoms with van der Waals surface area (Å²) in [5.41, 5.74) is 2.87. The Morgan fingerprint density at radius 1 is 0.619 bits per heavy atom. The van der Waals surface area contributed by atoms with Crippen molar-refractivity contribution < 1.29 is 4.57 Å². The molecule has 0 saturated carbocycles. The minimum absolute atomic E-state index is 0.0176. The summed E-state index contributed by atoms with van der Waals surface area (Å²) in [6.07, 6.45) is 33.2. The van der Waals surface area contributed by atoms with Gasteiger partial charge in [-0.05, 0) is 36.8 Å².